The first-order valence-electron chi connectivity index (χ1n) is 8.85. The number of nitrogens with zero attached hydrogens (tertiary/aromatic N) is 1. The number of nitrogens with one attached hydrogen (secondary N) is 1. The molecule has 0 heterocycles. The maximum Gasteiger partial charge on any atom is 0.243 e. The van der Waals surface area contributed by atoms with Gasteiger partial charge in [0.25, 0.3) is 0 Å². The molecule has 1 N–H and O–H groups in total. The van der Waals surface area contributed by atoms with Gasteiger partial charge in [-0.1, -0.05) is 45.0 Å². The number of benzene rings is 2. The van der Waals surface area contributed by atoms with Crippen molar-refractivity contribution in [2.75, 3.05) is 13.1 Å². The molecule has 7 heteroatoms. The minimum absolute atomic E-state index is 0.167. The summed E-state index contributed by atoms with van der Waals surface area (Å²) < 4.78 is 39.6. The van der Waals surface area contributed by atoms with Crippen molar-refractivity contribution in [2.45, 2.75) is 38.1 Å². The van der Waals surface area contributed by atoms with E-state index in [1.807, 2.05) is 13.8 Å². The minimum Gasteiger partial charge on any atom is -0.351 e. The third kappa shape index (κ3) is 5.61. The first kappa shape index (κ1) is 21.1. The van der Waals surface area contributed by atoms with Crippen LogP contribution in [0.1, 0.15) is 37.8 Å². The Bertz CT molecular complexity index is 863. The Labute approximate surface area is 160 Å². The smallest absolute Gasteiger partial charge is 0.243 e. The SMILES string of the molecule is CCN(CC(=O)NCc1ccc(F)cc1)S(=O)(=O)c1ccc(C(C)C)cc1. The molecule has 5 nitrogen and oxygen atoms in total. The normalized spacial score (nSPS) is 11.8. The van der Waals surface area contributed by atoms with E-state index in [1.165, 1.54) is 12.1 Å². The molecule has 2 rings (SSSR count). The van der Waals surface area contributed by atoms with Gasteiger partial charge in [0.15, 0.2) is 0 Å². The molecule has 0 spiro atoms. The molecule has 0 aliphatic heterocycles. The van der Waals surface area contributed by atoms with Crippen molar-refractivity contribution < 1.29 is 17.6 Å². The number of halogens is 1. The van der Waals surface area contributed by atoms with Crippen LogP contribution in [0.5, 0.6) is 0 Å². The monoisotopic (exact) mass is 392 g/mol. The highest BCUT2D eigenvalue weighted by Gasteiger charge is 2.25. The molecular weight excluding hydrogens is 367 g/mol. The summed E-state index contributed by atoms with van der Waals surface area (Å²) >= 11 is 0. The van der Waals surface area contributed by atoms with E-state index in [-0.39, 0.29) is 30.3 Å². The van der Waals surface area contributed by atoms with E-state index >= 15 is 0 Å². The van der Waals surface area contributed by atoms with E-state index in [4.69, 9.17) is 0 Å². The second-order valence-electron chi connectivity index (χ2n) is 6.56. The Hall–Kier alpha value is -2.25. The zero-order valence-corrected chi connectivity index (χ0v) is 16.6. The Kier molecular flexibility index (Phi) is 7.10. The summed E-state index contributed by atoms with van der Waals surface area (Å²) in [5.41, 5.74) is 1.79. The quantitative estimate of drug-likeness (QED) is 0.750. The lowest BCUT2D eigenvalue weighted by Crippen LogP contribution is -2.40. The van der Waals surface area contributed by atoms with Crippen LogP contribution in [0.25, 0.3) is 0 Å². The van der Waals surface area contributed by atoms with Gasteiger partial charge >= 0.3 is 0 Å². The summed E-state index contributed by atoms with van der Waals surface area (Å²) in [5.74, 6) is -0.457. The van der Waals surface area contributed by atoms with E-state index in [0.29, 0.717) is 5.92 Å². The molecule has 27 heavy (non-hydrogen) atoms. The molecule has 0 aliphatic carbocycles. The number of sulfonamides is 1. The predicted molar refractivity (Wildman–Crippen MR) is 103 cm³/mol. The highest BCUT2D eigenvalue weighted by Crippen LogP contribution is 2.20. The van der Waals surface area contributed by atoms with Crippen LogP contribution < -0.4 is 5.32 Å². The van der Waals surface area contributed by atoms with Gasteiger partial charge in [0, 0.05) is 13.1 Å². The Morgan fingerprint density at radius 1 is 1.07 bits per heavy atom. The second-order valence-corrected chi connectivity index (χ2v) is 8.50. The van der Waals surface area contributed by atoms with Crippen LogP contribution in [0.3, 0.4) is 0 Å². The first-order valence-corrected chi connectivity index (χ1v) is 10.3. The summed E-state index contributed by atoms with van der Waals surface area (Å²) in [6.07, 6.45) is 0. The number of carbonyl (C=O) groups is 1. The lowest BCUT2D eigenvalue weighted by molar-refractivity contribution is -0.121. The molecule has 2 aromatic carbocycles. The molecule has 0 atom stereocenters. The van der Waals surface area contributed by atoms with E-state index in [2.05, 4.69) is 5.32 Å². The zero-order valence-electron chi connectivity index (χ0n) is 15.8. The maximum atomic E-state index is 12.9. The Morgan fingerprint density at radius 2 is 1.67 bits per heavy atom. The highest BCUT2D eigenvalue weighted by atomic mass is 32.2. The number of hydrogen-bond acceptors (Lipinski definition) is 3. The fraction of sp³-hybridized carbons (Fsp3) is 0.350. The molecule has 0 unspecified atom stereocenters. The van der Waals surface area contributed by atoms with Crippen molar-refractivity contribution in [3.8, 4) is 0 Å². The largest absolute Gasteiger partial charge is 0.351 e. The molecule has 146 valence electrons. The van der Waals surface area contributed by atoms with Crippen molar-refractivity contribution in [1.82, 2.24) is 9.62 Å². The predicted octanol–water partition coefficient (Wildman–Crippen LogP) is 3.28. The molecule has 0 bridgehead atoms. The summed E-state index contributed by atoms with van der Waals surface area (Å²) in [5, 5.41) is 2.66. The second kappa shape index (κ2) is 9.10. The van der Waals surface area contributed by atoms with Crippen LogP contribution in [-0.2, 0) is 21.4 Å². The first-order chi connectivity index (χ1) is 12.7. The van der Waals surface area contributed by atoms with Crippen LogP contribution in [0, 0.1) is 5.82 Å². The van der Waals surface area contributed by atoms with E-state index < -0.39 is 15.9 Å². The van der Waals surface area contributed by atoms with Crippen molar-refractivity contribution in [3.05, 3.63) is 65.5 Å². The molecule has 0 fully saturated rings. The van der Waals surface area contributed by atoms with Crippen LogP contribution in [0.15, 0.2) is 53.4 Å². The van der Waals surface area contributed by atoms with Gasteiger partial charge in [-0.05, 0) is 41.3 Å². The Balaban J connectivity index is 2.03. The number of amides is 1. The van der Waals surface area contributed by atoms with Gasteiger partial charge in [0.2, 0.25) is 15.9 Å². The van der Waals surface area contributed by atoms with Crippen LogP contribution in [0.4, 0.5) is 4.39 Å². The number of rotatable bonds is 8. The lowest BCUT2D eigenvalue weighted by atomic mass is 10.0. The molecule has 0 saturated heterocycles. The van der Waals surface area contributed by atoms with Gasteiger partial charge in [0.1, 0.15) is 5.82 Å². The van der Waals surface area contributed by atoms with E-state index in [9.17, 15) is 17.6 Å². The average molecular weight is 392 g/mol. The molecule has 0 saturated carbocycles. The molecule has 1 amide bonds. The van der Waals surface area contributed by atoms with Gasteiger partial charge in [-0.2, -0.15) is 4.31 Å². The highest BCUT2D eigenvalue weighted by molar-refractivity contribution is 7.89. The third-order valence-electron chi connectivity index (χ3n) is 4.26. The zero-order chi connectivity index (χ0) is 20.0. The summed E-state index contributed by atoms with van der Waals surface area (Å²) in [7, 11) is -3.75. The fourth-order valence-corrected chi connectivity index (χ4v) is 3.96. The summed E-state index contributed by atoms with van der Waals surface area (Å²) in [4.78, 5) is 12.3. The van der Waals surface area contributed by atoms with Crippen LogP contribution >= 0.6 is 0 Å². The molecule has 2 aromatic rings. The Morgan fingerprint density at radius 3 is 2.19 bits per heavy atom. The molecule has 0 radical (unpaired) electrons. The van der Waals surface area contributed by atoms with E-state index in [0.717, 1.165) is 15.4 Å². The number of hydrogen-bond donors (Lipinski definition) is 1. The van der Waals surface area contributed by atoms with Crippen molar-refractivity contribution in [1.29, 1.82) is 0 Å². The van der Waals surface area contributed by atoms with Gasteiger partial charge in [0.05, 0.1) is 11.4 Å². The van der Waals surface area contributed by atoms with Gasteiger partial charge in [-0.15, -0.1) is 0 Å². The maximum absolute atomic E-state index is 12.9. The van der Waals surface area contributed by atoms with E-state index in [1.54, 1.807) is 43.3 Å². The van der Waals surface area contributed by atoms with Crippen molar-refractivity contribution in [3.63, 3.8) is 0 Å². The fourth-order valence-electron chi connectivity index (χ4n) is 2.56. The van der Waals surface area contributed by atoms with Crippen molar-refractivity contribution >= 4 is 15.9 Å². The van der Waals surface area contributed by atoms with Gasteiger partial charge in [-0.25, -0.2) is 12.8 Å². The van der Waals surface area contributed by atoms with Gasteiger partial charge in [-0.3, -0.25) is 4.79 Å². The number of likely N-dealkylation sites (N-methyl/N-ethyl adjacent to an activating group) is 1. The van der Waals surface area contributed by atoms with Crippen molar-refractivity contribution in [2.24, 2.45) is 0 Å². The summed E-state index contributed by atoms with van der Waals surface area (Å²) in [6, 6.07) is 12.5. The standard InChI is InChI=1S/C20H25FN2O3S/c1-4-23(14-20(24)22-13-16-5-9-18(21)10-6-16)27(25,26)19-11-7-17(8-12-19)15(2)3/h5-12,15H,4,13-14H2,1-3H3,(H,22,24). The number of carbonyl (C=O) groups excluding carboxylic acids is 1. The minimum atomic E-state index is -3.75. The van der Waals surface area contributed by atoms with Crippen LogP contribution in [0.2, 0.25) is 0 Å². The third-order valence-corrected chi connectivity index (χ3v) is 6.20. The molecule has 0 aliphatic rings. The van der Waals surface area contributed by atoms with Gasteiger partial charge < -0.3 is 5.32 Å². The average Bonchev–Trinajstić information content (AvgIpc) is 2.65. The lowest BCUT2D eigenvalue weighted by Gasteiger charge is -2.20. The van der Waals surface area contributed by atoms with Crippen LogP contribution in [-0.4, -0.2) is 31.7 Å². The topological polar surface area (TPSA) is 66.5 Å². The molecule has 0 aromatic heterocycles. The summed E-state index contributed by atoms with van der Waals surface area (Å²) in [6.45, 7) is 5.87. The molecular formula is C20H25FN2O3S.